The van der Waals surface area contributed by atoms with Gasteiger partial charge in [0.25, 0.3) is 0 Å². The van der Waals surface area contributed by atoms with Gasteiger partial charge in [0.15, 0.2) is 12.0 Å². The third kappa shape index (κ3) is 3.14. The fraction of sp³-hybridized carbons (Fsp3) is 0.100. The Bertz CT molecular complexity index is 402. The van der Waals surface area contributed by atoms with Gasteiger partial charge < -0.3 is 4.74 Å². The monoisotopic (exact) mass is 333 g/mol. The van der Waals surface area contributed by atoms with Crippen LogP contribution >= 0.6 is 31.9 Å². The highest BCUT2D eigenvalue weighted by molar-refractivity contribution is 9.11. The molecule has 1 aromatic carbocycles. The number of hydrogen-bond acceptors (Lipinski definition) is 3. The Labute approximate surface area is 104 Å². The molecule has 1 radical (unpaired) electrons. The SMILES string of the molecule is C[CH]C(=O)Oc1c(Br)cc(Br)cc1C=O. The molecule has 1 rings (SSSR count). The third-order valence-corrected chi connectivity index (χ3v) is 2.65. The highest BCUT2D eigenvalue weighted by atomic mass is 79.9. The van der Waals surface area contributed by atoms with Gasteiger partial charge in [-0.1, -0.05) is 22.9 Å². The Morgan fingerprint density at radius 2 is 2.07 bits per heavy atom. The third-order valence-electron chi connectivity index (χ3n) is 1.60. The van der Waals surface area contributed by atoms with Gasteiger partial charge in [-0.05, 0) is 28.1 Å². The molecule has 0 amide bonds. The van der Waals surface area contributed by atoms with Crippen LogP contribution in [0, 0.1) is 6.42 Å². The van der Waals surface area contributed by atoms with E-state index < -0.39 is 5.97 Å². The first-order chi connectivity index (χ1) is 7.08. The number of rotatable bonds is 3. The quantitative estimate of drug-likeness (QED) is 0.484. The molecule has 0 saturated carbocycles. The largest absolute Gasteiger partial charge is 0.424 e. The molecular formula is C10H7Br2O3. The molecule has 0 aliphatic carbocycles. The highest BCUT2D eigenvalue weighted by Crippen LogP contribution is 2.32. The van der Waals surface area contributed by atoms with Gasteiger partial charge in [0.1, 0.15) is 0 Å². The van der Waals surface area contributed by atoms with Crippen LogP contribution < -0.4 is 4.74 Å². The maximum atomic E-state index is 11.1. The lowest BCUT2D eigenvalue weighted by Crippen LogP contribution is -2.08. The van der Waals surface area contributed by atoms with Crippen molar-refractivity contribution in [3.8, 4) is 5.75 Å². The predicted octanol–water partition coefficient (Wildman–Crippen LogP) is 3.15. The molecule has 0 bridgehead atoms. The minimum atomic E-state index is -0.499. The van der Waals surface area contributed by atoms with Crippen LogP contribution in [-0.4, -0.2) is 12.3 Å². The molecule has 5 heteroatoms. The number of hydrogen-bond donors (Lipinski definition) is 0. The van der Waals surface area contributed by atoms with Crippen molar-refractivity contribution in [2.75, 3.05) is 0 Å². The van der Waals surface area contributed by atoms with Crippen molar-refractivity contribution < 1.29 is 14.3 Å². The lowest BCUT2D eigenvalue weighted by atomic mass is 10.2. The lowest BCUT2D eigenvalue weighted by Gasteiger charge is -2.08. The fourth-order valence-corrected chi connectivity index (χ4v) is 2.27. The molecule has 3 nitrogen and oxygen atoms in total. The minimum Gasteiger partial charge on any atom is -0.424 e. The number of carbonyl (C=O) groups is 2. The van der Waals surface area contributed by atoms with E-state index in [1.165, 1.54) is 6.42 Å². The number of carbonyl (C=O) groups excluding carboxylic acids is 2. The first-order valence-electron chi connectivity index (χ1n) is 4.04. The molecule has 0 aromatic heterocycles. The van der Waals surface area contributed by atoms with E-state index in [0.29, 0.717) is 16.3 Å². The summed E-state index contributed by atoms with van der Waals surface area (Å²) in [6, 6.07) is 3.28. The standard InChI is InChI=1S/C10H7Br2O3/c1-2-9(14)15-10-6(5-13)3-7(11)4-8(10)12/h2-5H,1H3. The summed E-state index contributed by atoms with van der Waals surface area (Å²) in [6.45, 7) is 1.57. The molecule has 0 unspecified atom stereocenters. The van der Waals surface area contributed by atoms with Crippen LogP contribution in [0.1, 0.15) is 17.3 Å². The summed E-state index contributed by atoms with van der Waals surface area (Å²) >= 11 is 6.45. The van der Waals surface area contributed by atoms with Crippen LogP contribution in [0.15, 0.2) is 21.1 Å². The molecule has 15 heavy (non-hydrogen) atoms. The van der Waals surface area contributed by atoms with Gasteiger partial charge in [-0.3, -0.25) is 9.59 Å². The summed E-state index contributed by atoms with van der Waals surface area (Å²) in [4.78, 5) is 21.8. The second-order valence-electron chi connectivity index (χ2n) is 2.63. The highest BCUT2D eigenvalue weighted by Gasteiger charge is 2.12. The minimum absolute atomic E-state index is 0.233. The smallest absolute Gasteiger partial charge is 0.314 e. The number of benzene rings is 1. The van der Waals surface area contributed by atoms with Crippen molar-refractivity contribution >= 4 is 44.1 Å². The molecule has 0 spiro atoms. The Balaban J connectivity index is 3.15. The number of esters is 1. The summed E-state index contributed by atoms with van der Waals surface area (Å²) < 4.78 is 6.26. The first-order valence-corrected chi connectivity index (χ1v) is 5.62. The molecule has 0 heterocycles. The van der Waals surface area contributed by atoms with E-state index in [4.69, 9.17) is 4.74 Å². The average molecular weight is 335 g/mol. The topological polar surface area (TPSA) is 43.4 Å². The van der Waals surface area contributed by atoms with Gasteiger partial charge in [0, 0.05) is 4.47 Å². The zero-order chi connectivity index (χ0) is 11.4. The van der Waals surface area contributed by atoms with Crippen LogP contribution in [0.3, 0.4) is 0 Å². The molecule has 79 valence electrons. The molecule has 0 saturated heterocycles. The molecule has 0 aliphatic heterocycles. The van der Waals surface area contributed by atoms with E-state index in [1.54, 1.807) is 19.1 Å². The first kappa shape index (κ1) is 12.4. The number of aldehydes is 1. The van der Waals surface area contributed by atoms with E-state index in [2.05, 4.69) is 31.9 Å². The summed E-state index contributed by atoms with van der Waals surface area (Å²) in [6.07, 6.45) is 1.91. The van der Waals surface area contributed by atoms with E-state index in [1.807, 2.05) is 0 Å². The Kier molecular flexibility index (Phi) is 4.47. The van der Waals surface area contributed by atoms with Gasteiger partial charge >= 0.3 is 5.97 Å². The summed E-state index contributed by atoms with van der Waals surface area (Å²) in [5, 5.41) is 0. The van der Waals surface area contributed by atoms with Crippen LogP contribution in [0.5, 0.6) is 5.75 Å². The van der Waals surface area contributed by atoms with Crippen molar-refractivity contribution in [2.45, 2.75) is 6.92 Å². The van der Waals surface area contributed by atoms with Gasteiger partial charge in [-0.25, -0.2) is 0 Å². The zero-order valence-corrected chi connectivity index (χ0v) is 11.0. The van der Waals surface area contributed by atoms with Gasteiger partial charge in [-0.15, -0.1) is 0 Å². The van der Waals surface area contributed by atoms with E-state index in [9.17, 15) is 9.59 Å². The van der Waals surface area contributed by atoms with Crippen LogP contribution in [-0.2, 0) is 4.79 Å². The maximum absolute atomic E-state index is 11.1. The lowest BCUT2D eigenvalue weighted by molar-refractivity contribution is -0.130. The van der Waals surface area contributed by atoms with Crippen molar-refractivity contribution in [2.24, 2.45) is 0 Å². The Morgan fingerprint density at radius 1 is 1.40 bits per heavy atom. The van der Waals surface area contributed by atoms with Crippen molar-refractivity contribution in [3.63, 3.8) is 0 Å². The maximum Gasteiger partial charge on any atom is 0.314 e. The van der Waals surface area contributed by atoms with Crippen molar-refractivity contribution in [1.82, 2.24) is 0 Å². The molecule has 0 fully saturated rings. The van der Waals surface area contributed by atoms with Crippen LogP contribution in [0.25, 0.3) is 0 Å². The zero-order valence-electron chi connectivity index (χ0n) is 7.79. The summed E-state index contributed by atoms with van der Waals surface area (Å²) in [5.41, 5.74) is 0.312. The summed E-state index contributed by atoms with van der Waals surface area (Å²) in [7, 11) is 0. The molecule has 1 aromatic rings. The molecule has 0 N–H and O–H groups in total. The van der Waals surface area contributed by atoms with E-state index >= 15 is 0 Å². The Morgan fingerprint density at radius 3 is 2.60 bits per heavy atom. The van der Waals surface area contributed by atoms with Crippen LogP contribution in [0.2, 0.25) is 0 Å². The normalized spacial score (nSPS) is 9.80. The predicted molar refractivity (Wildman–Crippen MR) is 62.8 cm³/mol. The number of ether oxygens (including phenoxy) is 1. The van der Waals surface area contributed by atoms with Crippen LogP contribution in [0.4, 0.5) is 0 Å². The van der Waals surface area contributed by atoms with Crippen molar-refractivity contribution in [3.05, 3.63) is 33.1 Å². The van der Waals surface area contributed by atoms with Crippen molar-refractivity contribution in [1.29, 1.82) is 0 Å². The molecule has 0 atom stereocenters. The average Bonchev–Trinajstić information content (AvgIpc) is 2.21. The van der Waals surface area contributed by atoms with Gasteiger partial charge in [0.05, 0.1) is 16.5 Å². The van der Waals surface area contributed by atoms with Gasteiger partial charge in [-0.2, -0.15) is 0 Å². The Hall–Kier alpha value is -0.680. The molecule has 0 aliphatic rings. The second-order valence-corrected chi connectivity index (χ2v) is 4.40. The number of halogens is 2. The summed E-state index contributed by atoms with van der Waals surface area (Å²) in [5.74, 6) is -0.266. The van der Waals surface area contributed by atoms with E-state index in [0.717, 1.165) is 4.47 Å². The second kappa shape index (κ2) is 5.42. The van der Waals surface area contributed by atoms with Gasteiger partial charge in [0.2, 0.25) is 0 Å². The fourth-order valence-electron chi connectivity index (χ4n) is 0.935. The molecular weight excluding hydrogens is 328 g/mol. The van der Waals surface area contributed by atoms with E-state index in [-0.39, 0.29) is 5.75 Å².